The number of aliphatic hydroxyl groups is 1. The maximum Gasteiger partial charge on any atom is 0.349 e. The first kappa shape index (κ1) is 11.5. The molecule has 0 saturated heterocycles. The lowest BCUT2D eigenvalue weighted by Crippen LogP contribution is -2.29. The minimum atomic E-state index is -0.667. The average Bonchev–Trinajstić information content (AvgIpc) is 2.22. The van der Waals surface area contributed by atoms with Gasteiger partial charge in [0.2, 0.25) is 0 Å². The van der Waals surface area contributed by atoms with Crippen LogP contribution in [0.25, 0.3) is 11.4 Å². The monoisotopic (exact) mass is 235 g/mol. The molecule has 0 unspecified atom stereocenters. The Bertz CT molecular complexity index is 642. The Morgan fingerprint density at radius 1 is 1.41 bits per heavy atom. The fourth-order valence-electron chi connectivity index (χ4n) is 2.00. The van der Waals surface area contributed by atoms with Crippen LogP contribution in [0.2, 0.25) is 0 Å². The summed E-state index contributed by atoms with van der Waals surface area (Å²) < 4.78 is 1.67. The quantitative estimate of drug-likeness (QED) is 0.744. The van der Waals surface area contributed by atoms with Gasteiger partial charge in [0, 0.05) is 12.2 Å². The first-order valence-electron chi connectivity index (χ1n) is 5.26. The lowest BCUT2D eigenvalue weighted by Gasteiger charge is -2.17. The number of hydrogen-bond donors (Lipinski definition) is 2. The van der Waals surface area contributed by atoms with E-state index in [2.05, 4.69) is 9.97 Å². The molecule has 0 fully saturated rings. The zero-order valence-corrected chi connectivity index (χ0v) is 9.65. The number of aromatic amines is 1. The van der Waals surface area contributed by atoms with Crippen LogP contribution in [0.5, 0.6) is 0 Å². The predicted molar refractivity (Wildman–Crippen MR) is 62.3 cm³/mol. The number of nitrogens with zero attached hydrogens (tertiary/aromatic N) is 2. The molecule has 0 saturated carbocycles. The van der Waals surface area contributed by atoms with Crippen molar-refractivity contribution in [1.82, 2.24) is 14.5 Å². The predicted octanol–water partition coefficient (Wildman–Crippen LogP) is -0.354. The highest BCUT2D eigenvalue weighted by atomic mass is 16.3. The van der Waals surface area contributed by atoms with Gasteiger partial charge in [0.25, 0.3) is 5.56 Å². The molecule has 90 valence electrons. The van der Waals surface area contributed by atoms with Crippen molar-refractivity contribution in [2.24, 2.45) is 0 Å². The molecule has 0 atom stereocenters. The normalized spacial score (nSPS) is 11.0. The van der Waals surface area contributed by atoms with Crippen LogP contribution in [0.1, 0.15) is 11.3 Å². The highest BCUT2D eigenvalue weighted by Gasteiger charge is 2.17. The summed E-state index contributed by atoms with van der Waals surface area (Å²) in [6.45, 7) is 3.86. The Labute approximate surface area is 96.9 Å². The SMILES string of the molecule is Cc1cc(C)n(CCO)c2nc(=O)[nH]c(=O)c1-2. The van der Waals surface area contributed by atoms with Crippen molar-refractivity contribution in [2.45, 2.75) is 20.4 Å². The number of pyridine rings is 1. The number of hydrogen-bond acceptors (Lipinski definition) is 4. The van der Waals surface area contributed by atoms with Crippen molar-refractivity contribution in [3.05, 3.63) is 38.2 Å². The third kappa shape index (κ3) is 1.87. The Hall–Kier alpha value is -1.95. The number of aliphatic hydroxyl groups excluding tert-OH is 1. The van der Waals surface area contributed by atoms with E-state index in [4.69, 9.17) is 5.11 Å². The summed E-state index contributed by atoms with van der Waals surface area (Å²) in [5.74, 6) is 0.324. The van der Waals surface area contributed by atoms with Crippen molar-refractivity contribution in [3.63, 3.8) is 0 Å². The zero-order chi connectivity index (χ0) is 12.6. The molecule has 2 aliphatic heterocycles. The van der Waals surface area contributed by atoms with Gasteiger partial charge in [0.1, 0.15) is 0 Å². The third-order valence-corrected chi connectivity index (χ3v) is 2.70. The van der Waals surface area contributed by atoms with E-state index in [1.54, 1.807) is 11.5 Å². The number of H-pyrrole nitrogens is 1. The summed E-state index contributed by atoms with van der Waals surface area (Å²) in [5, 5.41) is 9.00. The summed E-state index contributed by atoms with van der Waals surface area (Å²) in [6, 6.07) is 1.83. The Kier molecular flexibility index (Phi) is 2.81. The molecule has 0 aromatic carbocycles. The van der Waals surface area contributed by atoms with Crippen LogP contribution in [0.15, 0.2) is 15.7 Å². The van der Waals surface area contributed by atoms with Crippen LogP contribution < -0.4 is 11.2 Å². The van der Waals surface area contributed by atoms with E-state index in [0.29, 0.717) is 17.9 Å². The average molecular weight is 235 g/mol. The minimum absolute atomic E-state index is 0.0770. The summed E-state index contributed by atoms with van der Waals surface area (Å²) in [4.78, 5) is 28.9. The van der Waals surface area contributed by atoms with Crippen LogP contribution in [-0.2, 0) is 6.54 Å². The molecular weight excluding hydrogens is 222 g/mol. The number of fused-ring (bicyclic) bond motifs is 1. The minimum Gasteiger partial charge on any atom is -0.395 e. The summed E-state index contributed by atoms with van der Waals surface area (Å²) >= 11 is 0. The first-order valence-corrected chi connectivity index (χ1v) is 5.26. The van der Waals surface area contributed by atoms with Crippen molar-refractivity contribution in [1.29, 1.82) is 0 Å². The van der Waals surface area contributed by atoms with Gasteiger partial charge in [0.15, 0.2) is 5.82 Å². The zero-order valence-electron chi connectivity index (χ0n) is 9.65. The molecule has 2 aliphatic rings. The van der Waals surface area contributed by atoms with E-state index in [-0.39, 0.29) is 6.61 Å². The molecule has 2 rings (SSSR count). The molecule has 0 bridgehead atoms. The van der Waals surface area contributed by atoms with Gasteiger partial charge in [-0.05, 0) is 25.5 Å². The second-order valence-electron chi connectivity index (χ2n) is 3.91. The van der Waals surface area contributed by atoms with E-state index in [0.717, 1.165) is 11.3 Å². The van der Waals surface area contributed by atoms with Gasteiger partial charge in [-0.1, -0.05) is 0 Å². The molecule has 0 radical (unpaired) electrons. The van der Waals surface area contributed by atoms with Crippen molar-refractivity contribution < 1.29 is 5.11 Å². The molecule has 2 N–H and O–H groups in total. The number of rotatable bonds is 2. The molecule has 6 nitrogen and oxygen atoms in total. The Balaban J connectivity index is 2.92. The van der Waals surface area contributed by atoms with E-state index in [1.165, 1.54) is 0 Å². The molecule has 17 heavy (non-hydrogen) atoms. The van der Waals surface area contributed by atoms with Crippen molar-refractivity contribution in [3.8, 4) is 11.4 Å². The highest BCUT2D eigenvalue weighted by molar-refractivity contribution is 5.60. The van der Waals surface area contributed by atoms with Crippen LogP contribution in [-0.4, -0.2) is 26.2 Å². The first-order chi connectivity index (χ1) is 8.04. The summed E-state index contributed by atoms with van der Waals surface area (Å²) in [6.07, 6.45) is 0. The van der Waals surface area contributed by atoms with Crippen LogP contribution >= 0.6 is 0 Å². The Morgan fingerprint density at radius 2 is 2.12 bits per heavy atom. The van der Waals surface area contributed by atoms with Gasteiger partial charge >= 0.3 is 5.69 Å². The standard InChI is InChI=1S/C11H13N3O3/c1-6-5-7(2)14(3-4-15)9-8(6)10(16)13-11(17)12-9/h5,15H,3-4H2,1-2H3,(H,13,16,17). The van der Waals surface area contributed by atoms with Gasteiger partial charge in [-0.15, -0.1) is 0 Å². The second-order valence-corrected chi connectivity index (χ2v) is 3.91. The fraction of sp³-hybridized carbons (Fsp3) is 0.364. The lowest BCUT2D eigenvalue weighted by molar-refractivity contribution is 0.274. The van der Waals surface area contributed by atoms with Crippen LogP contribution in [0.3, 0.4) is 0 Å². The lowest BCUT2D eigenvalue weighted by atomic mass is 10.1. The summed E-state index contributed by atoms with van der Waals surface area (Å²) in [7, 11) is 0. The number of nitrogens with one attached hydrogen (secondary N) is 1. The highest BCUT2D eigenvalue weighted by Crippen LogP contribution is 2.20. The molecule has 0 spiro atoms. The van der Waals surface area contributed by atoms with E-state index in [9.17, 15) is 9.59 Å². The smallest absolute Gasteiger partial charge is 0.349 e. The van der Waals surface area contributed by atoms with E-state index < -0.39 is 11.2 Å². The summed E-state index contributed by atoms with van der Waals surface area (Å²) in [5.41, 5.74) is 0.897. The van der Waals surface area contributed by atoms with Gasteiger partial charge in [-0.25, -0.2) is 4.79 Å². The van der Waals surface area contributed by atoms with Crippen LogP contribution in [0, 0.1) is 13.8 Å². The molecule has 0 aromatic heterocycles. The third-order valence-electron chi connectivity index (χ3n) is 2.70. The fourth-order valence-corrected chi connectivity index (χ4v) is 2.00. The second kappa shape index (κ2) is 4.14. The Morgan fingerprint density at radius 3 is 2.76 bits per heavy atom. The molecule has 0 aromatic rings. The maximum atomic E-state index is 11.7. The van der Waals surface area contributed by atoms with E-state index in [1.807, 2.05) is 13.0 Å². The van der Waals surface area contributed by atoms with Gasteiger partial charge < -0.3 is 9.67 Å². The van der Waals surface area contributed by atoms with Crippen molar-refractivity contribution in [2.75, 3.05) is 6.61 Å². The molecule has 2 heterocycles. The van der Waals surface area contributed by atoms with Gasteiger partial charge in [-0.2, -0.15) is 4.98 Å². The van der Waals surface area contributed by atoms with Gasteiger partial charge in [-0.3, -0.25) is 9.78 Å². The topological polar surface area (TPSA) is 88.0 Å². The maximum absolute atomic E-state index is 11.7. The molecular formula is C11H13N3O3. The number of aryl methyl sites for hydroxylation is 2. The van der Waals surface area contributed by atoms with Crippen molar-refractivity contribution >= 4 is 0 Å². The van der Waals surface area contributed by atoms with Gasteiger partial charge in [0.05, 0.1) is 12.2 Å². The molecule has 0 aliphatic carbocycles. The largest absolute Gasteiger partial charge is 0.395 e. The van der Waals surface area contributed by atoms with Crippen LogP contribution in [0.4, 0.5) is 0 Å². The molecule has 0 amide bonds. The molecule has 6 heteroatoms. The number of aromatic nitrogens is 3. The van der Waals surface area contributed by atoms with E-state index >= 15 is 0 Å².